The largest absolute Gasteiger partial charge is 0.341 e. The second-order valence-corrected chi connectivity index (χ2v) is 8.48. The summed E-state index contributed by atoms with van der Waals surface area (Å²) >= 11 is 1.53. The predicted molar refractivity (Wildman–Crippen MR) is 99.0 cm³/mol. The van der Waals surface area contributed by atoms with E-state index < -0.39 is 0 Å². The van der Waals surface area contributed by atoms with Gasteiger partial charge in [0.15, 0.2) is 0 Å². The number of likely N-dealkylation sites (tertiary alicyclic amines) is 1. The Morgan fingerprint density at radius 2 is 1.96 bits per heavy atom. The molecule has 4 heterocycles. The predicted octanol–water partition coefficient (Wildman–Crippen LogP) is 1.53. The zero-order valence-corrected chi connectivity index (χ0v) is 15.6. The fourth-order valence-electron chi connectivity index (χ4n) is 4.10. The van der Waals surface area contributed by atoms with E-state index >= 15 is 0 Å². The molecule has 0 aliphatic carbocycles. The summed E-state index contributed by atoms with van der Waals surface area (Å²) in [5, 5.41) is 4.11. The highest BCUT2D eigenvalue weighted by Gasteiger charge is 2.31. The van der Waals surface area contributed by atoms with E-state index in [4.69, 9.17) is 0 Å². The first-order valence-corrected chi connectivity index (χ1v) is 9.80. The molecule has 2 fully saturated rings. The SMILES string of the molecule is Cc1sc2ncn(CC(=O)N3CC[C@@H]4CNC[C@@H]4CC3)c(=O)c2c1C. The number of nitrogens with zero attached hydrogens (tertiary/aromatic N) is 3. The second-order valence-electron chi connectivity index (χ2n) is 7.28. The Labute approximate surface area is 150 Å². The molecule has 0 aromatic carbocycles. The molecule has 1 amide bonds. The molecule has 0 saturated carbocycles. The van der Waals surface area contributed by atoms with Gasteiger partial charge in [-0.1, -0.05) is 0 Å². The van der Waals surface area contributed by atoms with Crippen LogP contribution >= 0.6 is 11.3 Å². The lowest BCUT2D eigenvalue weighted by atomic mass is 9.92. The molecule has 6 nitrogen and oxygen atoms in total. The molecule has 25 heavy (non-hydrogen) atoms. The van der Waals surface area contributed by atoms with Crippen LogP contribution in [0.15, 0.2) is 11.1 Å². The normalized spacial score (nSPS) is 23.7. The van der Waals surface area contributed by atoms with Crippen molar-refractivity contribution in [2.24, 2.45) is 11.8 Å². The molecule has 2 aromatic rings. The number of aromatic nitrogens is 2. The molecular formula is C18H24N4O2S. The Morgan fingerprint density at radius 1 is 1.28 bits per heavy atom. The highest BCUT2D eigenvalue weighted by Crippen LogP contribution is 2.27. The lowest BCUT2D eigenvalue weighted by Gasteiger charge is -2.21. The molecule has 4 rings (SSSR count). The van der Waals surface area contributed by atoms with E-state index in [0.29, 0.717) is 17.2 Å². The summed E-state index contributed by atoms with van der Waals surface area (Å²) in [4.78, 5) is 33.7. The van der Waals surface area contributed by atoms with Gasteiger partial charge in [0.25, 0.3) is 5.56 Å². The van der Waals surface area contributed by atoms with Crippen molar-refractivity contribution in [2.75, 3.05) is 26.2 Å². The van der Waals surface area contributed by atoms with Crippen molar-refractivity contribution in [1.29, 1.82) is 0 Å². The Morgan fingerprint density at radius 3 is 2.64 bits per heavy atom. The topological polar surface area (TPSA) is 67.2 Å². The summed E-state index contributed by atoms with van der Waals surface area (Å²) in [5.74, 6) is 1.41. The van der Waals surface area contributed by atoms with Crippen LogP contribution in [0.1, 0.15) is 23.3 Å². The summed E-state index contributed by atoms with van der Waals surface area (Å²) in [6.07, 6.45) is 3.63. The minimum absolute atomic E-state index is 0.0285. The molecule has 0 bridgehead atoms. The van der Waals surface area contributed by atoms with Gasteiger partial charge in [-0.3, -0.25) is 14.2 Å². The van der Waals surface area contributed by atoms with Crippen LogP contribution in [0.2, 0.25) is 0 Å². The number of amides is 1. The molecule has 0 unspecified atom stereocenters. The quantitative estimate of drug-likeness (QED) is 0.882. The standard InChI is InChI=1S/C18H24N4O2S/c1-11-12(2)25-17-16(11)18(24)22(10-20-17)9-15(23)21-5-3-13-7-19-8-14(13)4-6-21/h10,13-14,19H,3-9H2,1-2H3/t13-,14+. The molecule has 1 N–H and O–H groups in total. The molecule has 0 spiro atoms. The maximum Gasteiger partial charge on any atom is 0.262 e. The molecular weight excluding hydrogens is 336 g/mol. The van der Waals surface area contributed by atoms with Gasteiger partial charge in [0, 0.05) is 18.0 Å². The molecule has 7 heteroatoms. The van der Waals surface area contributed by atoms with E-state index in [9.17, 15) is 9.59 Å². The van der Waals surface area contributed by atoms with Gasteiger partial charge >= 0.3 is 0 Å². The number of thiophene rings is 1. The second kappa shape index (κ2) is 6.53. The van der Waals surface area contributed by atoms with Gasteiger partial charge in [0.1, 0.15) is 11.4 Å². The number of carbonyl (C=O) groups excluding carboxylic acids is 1. The Balaban J connectivity index is 1.53. The van der Waals surface area contributed by atoms with Gasteiger partial charge in [-0.25, -0.2) is 4.98 Å². The highest BCUT2D eigenvalue weighted by molar-refractivity contribution is 7.18. The zero-order chi connectivity index (χ0) is 17.6. The summed E-state index contributed by atoms with van der Waals surface area (Å²) in [6.45, 7) is 7.77. The van der Waals surface area contributed by atoms with Gasteiger partial charge in [-0.05, 0) is 57.2 Å². The van der Waals surface area contributed by atoms with Crippen LogP contribution in [0.5, 0.6) is 0 Å². The Bertz CT molecular complexity index is 858. The number of fused-ring (bicyclic) bond motifs is 2. The van der Waals surface area contributed by atoms with Crippen molar-refractivity contribution in [3.05, 3.63) is 27.1 Å². The van der Waals surface area contributed by atoms with Crippen LogP contribution in [0, 0.1) is 25.7 Å². The van der Waals surface area contributed by atoms with E-state index in [1.54, 1.807) is 0 Å². The first-order valence-electron chi connectivity index (χ1n) is 8.98. The summed E-state index contributed by atoms with van der Waals surface area (Å²) < 4.78 is 1.47. The molecule has 2 aromatic heterocycles. The first kappa shape index (κ1) is 16.7. The van der Waals surface area contributed by atoms with Crippen LogP contribution in [0.25, 0.3) is 10.2 Å². The number of hydrogen-bond acceptors (Lipinski definition) is 5. The average Bonchev–Trinajstić information content (AvgIpc) is 3.09. The molecule has 134 valence electrons. The summed E-state index contributed by atoms with van der Waals surface area (Å²) in [5.41, 5.74) is 0.880. The summed E-state index contributed by atoms with van der Waals surface area (Å²) in [6, 6.07) is 0. The smallest absolute Gasteiger partial charge is 0.262 e. The van der Waals surface area contributed by atoms with Crippen LogP contribution in [-0.4, -0.2) is 46.5 Å². The maximum absolute atomic E-state index is 12.8. The van der Waals surface area contributed by atoms with Gasteiger partial charge < -0.3 is 10.2 Å². The van der Waals surface area contributed by atoms with Gasteiger partial charge in [0.2, 0.25) is 5.91 Å². The maximum atomic E-state index is 12.8. The van der Waals surface area contributed by atoms with Gasteiger partial charge in [-0.2, -0.15) is 0 Å². The summed E-state index contributed by atoms with van der Waals surface area (Å²) in [7, 11) is 0. The molecule has 2 saturated heterocycles. The third-order valence-corrected chi connectivity index (χ3v) is 6.95. The minimum Gasteiger partial charge on any atom is -0.341 e. The van der Waals surface area contributed by atoms with Gasteiger partial charge in [-0.15, -0.1) is 11.3 Å². The number of aryl methyl sites for hydroxylation is 2. The molecule has 2 aliphatic heterocycles. The molecule has 0 radical (unpaired) electrons. The first-order chi connectivity index (χ1) is 12.0. The van der Waals surface area contributed by atoms with Crippen molar-refractivity contribution in [3.63, 3.8) is 0 Å². The van der Waals surface area contributed by atoms with Crippen LogP contribution in [-0.2, 0) is 11.3 Å². The monoisotopic (exact) mass is 360 g/mol. The van der Waals surface area contributed by atoms with E-state index in [0.717, 1.165) is 54.3 Å². The van der Waals surface area contributed by atoms with Crippen molar-refractivity contribution in [2.45, 2.75) is 33.2 Å². The van der Waals surface area contributed by atoms with E-state index in [2.05, 4.69) is 10.3 Å². The van der Waals surface area contributed by atoms with Crippen molar-refractivity contribution >= 4 is 27.5 Å². The fraction of sp³-hybridized carbons (Fsp3) is 0.611. The third kappa shape index (κ3) is 3.00. The minimum atomic E-state index is -0.101. The fourth-order valence-corrected chi connectivity index (χ4v) is 5.08. The molecule has 2 aliphatic rings. The van der Waals surface area contributed by atoms with Gasteiger partial charge in [0.05, 0.1) is 11.7 Å². The Kier molecular flexibility index (Phi) is 4.37. The zero-order valence-electron chi connectivity index (χ0n) is 14.7. The lowest BCUT2D eigenvalue weighted by Crippen LogP contribution is -2.37. The highest BCUT2D eigenvalue weighted by atomic mass is 32.1. The van der Waals surface area contributed by atoms with Crippen LogP contribution in [0.3, 0.4) is 0 Å². The number of carbonyl (C=O) groups is 1. The lowest BCUT2D eigenvalue weighted by molar-refractivity contribution is -0.131. The van der Waals surface area contributed by atoms with E-state index in [1.165, 1.54) is 22.2 Å². The Hall–Kier alpha value is -1.73. The van der Waals surface area contributed by atoms with E-state index in [-0.39, 0.29) is 18.0 Å². The van der Waals surface area contributed by atoms with Crippen molar-refractivity contribution in [1.82, 2.24) is 19.8 Å². The van der Waals surface area contributed by atoms with Crippen molar-refractivity contribution in [3.8, 4) is 0 Å². The third-order valence-electron chi connectivity index (χ3n) is 5.83. The number of nitrogens with one attached hydrogen (secondary N) is 1. The average molecular weight is 360 g/mol. The molecule has 2 atom stereocenters. The van der Waals surface area contributed by atoms with Crippen molar-refractivity contribution < 1.29 is 4.79 Å². The van der Waals surface area contributed by atoms with Crippen LogP contribution in [0.4, 0.5) is 0 Å². The number of rotatable bonds is 2. The van der Waals surface area contributed by atoms with E-state index in [1.807, 2.05) is 18.7 Å². The van der Waals surface area contributed by atoms with Crippen LogP contribution < -0.4 is 10.9 Å². The number of hydrogen-bond donors (Lipinski definition) is 1.